The van der Waals surface area contributed by atoms with Crippen molar-refractivity contribution in [2.45, 2.75) is 0 Å². The van der Waals surface area contributed by atoms with E-state index < -0.39 is 0 Å². The summed E-state index contributed by atoms with van der Waals surface area (Å²) in [6, 6.07) is 13.5. The average Bonchev–Trinajstić information content (AvgIpc) is 2.28. The Bertz CT molecular complexity index is 462. The van der Waals surface area contributed by atoms with E-state index in [4.69, 9.17) is 23.2 Å². The SMILES string of the molecule is [K+].[O-]N(c1cccc(Cl)c1)c1cccc(Cl)c1. The Kier molecular flexibility index (Phi) is 6.48. The van der Waals surface area contributed by atoms with Crippen molar-refractivity contribution in [2.75, 3.05) is 5.06 Å². The summed E-state index contributed by atoms with van der Waals surface area (Å²) in [6.45, 7) is 0. The van der Waals surface area contributed by atoms with Gasteiger partial charge in [-0.2, -0.15) is 0 Å². The number of rotatable bonds is 2. The van der Waals surface area contributed by atoms with E-state index in [0.717, 1.165) is 5.06 Å². The van der Waals surface area contributed by atoms with Crippen LogP contribution in [0, 0.1) is 5.21 Å². The number of anilines is 2. The number of benzene rings is 2. The van der Waals surface area contributed by atoms with Crippen LogP contribution in [0.3, 0.4) is 0 Å². The van der Waals surface area contributed by atoms with Crippen molar-refractivity contribution < 1.29 is 51.4 Å². The van der Waals surface area contributed by atoms with Crippen LogP contribution in [0.15, 0.2) is 48.5 Å². The molecule has 2 aromatic rings. The molecule has 17 heavy (non-hydrogen) atoms. The van der Waals surface area contributed by atoms with E-state index in [0.29, 0.717) is 21.4 Å². The Morgan fingerprint density at radius 3 is 1.59 bits per heavy atom. The molecule has 0 fully saturated rings. The normalized spacial score (nSPS) is 9.59. The van der Waals surface area contributed by atoms with E-state index in [2.05, 4.69) is 0 Å². The van der Waals surface area contributed by atoms with Gasteiger partial charge in [-0.3, -0.25) is 0 Å². The van der Waals surface area contributed by atoms with Crippen LogP contribution in [0.4, 0.5) is 11.4 Å². The van der Waals surface area contributed by atoms with Gasteiger partial charge in [-0.15, -0.1) is 0 Å². The van der Waals surface area contributed by atoms with Gasteiger partial charge in [0.25, 0.3) is 0 Å². The zero-order valence-electron chi connectivity index (χ0n) is 9.23. The van der Waals surface area contributed by atoms with Crippen molar-refractivity contribution in [1.82, 2.24) is 0 Å². The number of hydrogen-bond acceptors (Lipinski definition) is 2. The zero-order chi connectivity index (χ0) is 11.5. The van der Waals surface area contributed by atoms with Crippen molar-refractivity contribution in [3.05, 3.63) is 63.8 Å². The third kappa shape index (κ3) is 4.23. The van der Waals surface area contributed by atoms with Crippen molar-refractivity contribution in [2.24, 2.45) is 0 Å². The molecule has 82 valence electrons. The van der Waals surface area contributed by atoms with Gasteiger partial charge in [-0.1, -0.05) is 35.3 Å². The number of hydrogen-bond donors (Lipinski definition) is 0. The molecule has 0 heterocycles. The summed E-state index contributed by atoms with van der Waals surface area (Å²) in [4.78, 5) is 0. The Labute approximate surface area is 153 Å². The second-order valence-electron chi connectivity index (χ2n) is 3.25. The van der Waals surface area contributed by atoms with Crippen LogP contribution in [0.1, 0.15) is 0 Å². The molecular formula is C12H8Cl2KNO. The molecule has 0 aliphatic carbocycles. The van der Waals surface area contributed by atoms with Crippen molar-refractivity contribution in [3.63, 3.8) is 0 Å². The standard InChI is InChI=1S/C12H8Cl2NO.K/c13-9-3-1-5-11(7-9)15(16)12-6-2-4-10(14)8-12;/h1-8H;/q-1;+1. The van der Waals surface area contributed by atoms with E-state index in [1.165, 1.54) is 0 Å². The smallest absolute Gasteiger partial charge is 0.754 e. The molecule has 0 amide bonds. The summed E-state index contributed by atoms with van der Waals surface area (Å²) in [5.41, 5.74) is 0.963. The van der Waals surface area contributed by atoms with E-state index in [-0.39, 0.29) is 51.4 Å². The molecule has 0 aliphatic rings. The summed E-state index contributed by atoms with van der Waals surface area (Å²) >= 11 is 11.6. The van der Waals surface area contributed by atoms with E-state index in [1.54, 1.807) is 48.5 Å². The van der Waals surface area contributed by atoms with Crippen LogP contribution in [0.2, 0.25) is 10.0 Å². The first-order valence-electron chi connectivity index (χ1n) is 4.65. The molecule has 2 rings (SSSR count). The van der Waals surface area contributed by atoms with Crippen LogP contribution in [-0.4, -0.2) is 0 Å². The molecule has 0 atom stereocenters. The molecule has 0 aliphatic heterocycles. The molecule has 2 nitrogen and oxygen atoms in total. The monoisotopic (exact) mass is 291 g/mol. The first kappa shape index (κ1) is 15.5. The maximum Gasteiger partial charge on any atom is 1.00 e. The van der Waals surface area contributed by atoms with Crippen LogP contribution >= 0.6 is 23.2 Å². The summed E-state index contributed by atoms with van der Waals surface area (Å²) < 4.78 is 0. The minimum Gasteiger partial charge on any atom is -0.754 e. The predicted molar refractivity (Wildman–Crippen MR) is 68.4 cm³/mol. The van der Waals surface area contributed by atoms with Gasteiger partial charge in [0.05, 0.1) is 0 Å². The second kappa shape index (κ2) is 7.12. The molecule has 5 heteroatoms. The Balaban J connectivity index is 0.00000144. The Morgan fingerprint density at radius 1 is 0.824 bits per heavy atom. The average molecular weight is 292 g/mol. The summed E-state index contributed by atoms with van der Waals surface area (Å²) in [5, 5.41) is 13.8. The maximum atomic E-state index is 12.0. The third-order valence-electron chi connectivity index (χ3n) is 2.09. The zero-order valence-corrected chi connectivity index (χ0v) is 13.9. The fourth-order valence-corrected chi connectivity index (χ4v) is 1.72. The first-order chi connectivity index (χ1) is 7.66. The Morgan fingerprint density at radius 2 is 1.24 bits per heavy atom. The third-order valence-corrected chi connectivity index (χ3v) is 2.56. The molecule has 0 N–H and O–H groups in total. The van der Waals surface area contributed by atoms with Crippen LogP contribution in [-0.2, 0) is 0 Å². The Hall–Kier alpha value is 0.416. The van der Waals surface area contributed by atoms with E-state index in [9.17, 15) is 5.21 Å². The minimum absolute atomic E-state index is 0. The molecular weight excluding hydrogens is 284 g/mol. The summed E-state index contributed by atoms with van der Waals surface area (Å²) in [6.07, 6.45) is 0. The topological polar surface area (TPSA) is 26.3 Å². The fourth-order valence-electron chi connectivity index (χ4n) is 1.35. The number of halogens is 2. The second-order valence-corrected chi connectivity index (χ2v) is 4.13. The van der Waals surface area contributed by atoms with Gasteiger partial charge in [0, 0.05) is 21.4 Å². The molecule has 0 aromatic heterocycles. The molecule has 0 radical (unpaired) electrons. The van der Waals surface area contributed by atoms with Crippen molar-refractivity contribution >= 4 is 34.6 Å². The molecule has 2 aromatic carbocycles. The van der Waals surface area contributed by atoms with E-state index >= 15 is 0 Å². The van der Waals surface area contributed by atoms with Gasteiger partial charge in [-0.25, -0.2) is 0 Å². The molecule has 0 unspecified atom stereocenters. The van der Waals surface area contributed by atoms with Gasteiger partial charge in [0.15, 0.2) is 0 Å². The molecule has 0 spiro atoms. The largest absolute Gasteiger partial charge is 1.00 e. The van der Waals surface area contributed by atoms with Crippen LogP contribution < -0.4 is 56.4 Å². The van der Waals surface area contributed by atoms with Gasteiger partial charge < -0.3 is 10.3 Å². The van der Waals surface area contributed by atoms with Gasteiger partial charge >= 0.3 is 51.4 Å². The van der Waals surface area contributed by atoms with E-state index in [1.807, 2.05) is 0 Å². The predicted octanol–water partition coefficient (Wildman–Crippen LogP) is 1.63. The van der Waals surface area contributed by atoms with Crippen molar-refractivity contribution in [1.29, 1.82) is 0 Å². The summed E-state index contributed by atoms with van der Waals surface area (Å²) in [7, 11) is 0. The molecule has 0 bridgehead atoms. The fraction of sp³-hybridized carbons (Fsp3) is 0. The summed E-state index contributed by atoms with van der Waals surface area (Å²) in [5.74, 6) is 0. The quantitative estimate of drug-likeness (QED) is 0.621. The minimum atomic E-state index is 0. The molecule has 0 saturated carbocycles. The maximum absolute atomic E-state index is 12.0. The van der Waals surface area contributed by atoms with Gasteiger partial charge in [0.2, 0.25) is 0 Å². The van der Waals surface area contributed by atoms with Crippen LogP contribution in [0.5, 0.6) is 0 Å². The van der Waals surface area contributed by atoms with Crippen molar-refractivity contribution in [3.8, 4) is 0 Å². The molecule has 0 saturated heterocycles. The first-order valence-corrected chi connectivity index (χ1v) is 5.41. The van der Waals surface area contributed by atoms with Gasteiger partial charge in [-0.05, 0) is 36.4 Å². The number of nitrogens with zero attached hydrogens (tertiary/aromatic N) is 1. The van der Waals surface area contributed by atoms with Crippen LogP contribution in [0.25, 0.3) is 0 Å². The van der Waals surface area contributed by atoms with Gasteiger partial charge in [0.1, 0.15) is 0 Å².